The molecule has 4 rings (SSSR count). The first kappa shape index (κ1) is 23.8. The van der Waals surface area contributed by atoms with Crippen LogP contribution < -0.4 is 20.9 Å². The Morgan fingerprint density at radius 3 is 2.44 bits per heavy atom. The molecular weight excluding hydrogens is 476 g/mol. The number of carbonyl (C=O) groups excluding carboxylic acids is 1. The molecule has 1 aliphatic heterocycles. The Hall–Kier alpha value is -3.30. The first-order valence-electron chi connectivity index (χ1n) is 10.2. The molecule has 1 amide bonds. The number of carbonyl (C=O) groups is 1. The van der Waals surface area contributed by atoms with Crippen molar-refractivity contribution < 1.29 is 31.8 Å². The van der Waals surface area contributed by atoms with Crippen LogP contribution in [-0.4, -0.2) is 19.1 Å². The third kappa shape index (κ3) is 3.65. The predicted molar refractivity (Wildman–Crippen MR) is 118 cm³/mol. The molecule has 0 fully saturated rings. The van der Waals surface area contributed by atoms with Crippen LogP contribution in [0.5, 0.6) is 11.5 Å². The zero-order valence-electron chi connectivity index (χ0n) is 17.7. The minimum Gasteiger partial charge on any atom is -0.480 e. The third-order valence-electron chi connectivity index (χ3n) is 6.05. The Balaban J connectivity index is 2.04. The fourth-order valence-electron chi connectivity index (χ4n) is 4.45. The number of hydrogen-bond donors (Lipinski definition) is 2. The maximum atomic E-state index is 15.5. The van der Waals surface area contributed by atoms with Gasteiger partial charge in [0.05, 0.1) is 10.6 Å². The van der Waals surface area contributed by atoms with Gasteiger partial charge in [-0.15, -0.1) is 0 Å². The average Bonchev–Trinajstić information content (AvgIpc) is 3.08. The van der Waals surface area contributed by atoms with E-state index < -0.39 is 57.6 Å². The largest absolute Gasteiger partial charge is 0.480 e. The van der Waals surface area contributed by atoms with Gasteiger partial charge in [-0.1, -0.05) is 48.9 Å². The molecule has 0 spiro atoms. The standard InChI is InChI=1S/C24H19ClF4N2O3/c1-11-17-16(34-24(11,10-30)12-5-3-2-4-6-12)9-14(26)20(25)19(17)18-13(22(31)32)7-8-15(21(18)27)33-23(28)29/h2-9,11,23H,10,30H2,1H3,(H2,31,32). The Kier molecular flexibility index (Phi) is 6.18. The number of benzene rings is 3. The zero-order chi connectivity index (χ0) is 24.8. The highest BCUT2D eigenvalue weighted by molar-refractivity contribution is 6.34. The lowest BCUT2D eigenvalue weighted by Gasteiger charge is -2.32. The fraction of sp³-hybridized carbons (Fsp3) is 0.208. The van der Waals surface area contributed by atoms with Gasteiger partial charge in [-0.05, 0) is 17.7 Å². The van der Waals surface area contributed by atoms with Gasteiger partial charge in [0.2, 0.25) is 5.91 Å². The highest BCUT2D eigenvalue weighted by Gasteiger charge is 2.49. The molecule has 178 valence electrons. The van der Waals surface area contributed by atoms with Crippen LogP contribution in [0, 0.1) is 11.6 Å². The normalized spacial score (nSPS) is 19.1. The molecule has 0 bridgehead atoms. The summed E-state index contributed by atoms with van der Waals surface area (Å²) < 4.78 is 66.6. The quantitative estimate of drug-likeness (QED) is 0.453. The van der Waals surface area contributed by atoms with Crippen LogP contribution in [0.2, 0.25) is 5.02 Å². The van der Waals surface area contributed by atoms with Gasteiger partial charge in [-0.2, -0.15) is 8.78 Å². The van der Waals surface area contributed by atoms with E-state index in [9.17, 15) is 18.0 Å². The van der Waals surface area contributed by atoms with Crippen LogP contribution in [0.3, 0.4) is 0 Å². The van der Waals surface area contributed by atoms with Gasteiger partial charge in [0.25, 0.3) is 0 Å². The molecule has 1 aliphatic rings. The predicted octanol–water partition coefficient (Wildman–Crippen LogP) is 5.34. The number of alkyl halides is 2. The van der Waals surface area contributed by atoms with E-state index in [4.69, 9.17) is 27.8 Å². The number of primary amides is 1. The maximum absolute atomic E-state index is 15.5. The summed E-state index contributed by atoms with van der Waals surface area (Å²) in [6.45, 7) is -1.66. The molecule has 4 N–H and O–H groups in total. The van der Waals surface area contributed by atoms with E-state index in [1.807, 2.05) is 0 Å². The first-order chi connectivity index (χ1) is 16.1. The third-order valence-corrected chi connectivity index (χ3v) is 6.42. The summed E-state index contributed by atoms with van der Waals surface area (Å²) in [6.07, 6.45) is 0. The second kappa shape index (κ2) is 8.81. The molecule has 0 saturated carbocycles. The summed E-state index contributed by atoms with van der Waals surface area (Å²) in [5.41, 5.74) is 10.1. The molecule has 5 nitrogen and oxygen atoms in total. The van der Waals surface area contributed by atoms with E-state index in [0.29, 0.717) is 5.56 Å². The van der Waals surface area contributed by atoms with Gasteiger partial charge in [0.1, 0.15) is 11.6 Å². The van der Waals surface area contributed by atoms with Crippen molar-refractivity contribution in [3.63, 3.8) is 0 Å². The molecule has 3 aromatic rings. The second-order valence-electron chi connectivity index (χ2n) is 7.79. The molecule has 0 aliphatic carbocycles. The lowest BCUT2D eigenvalue weighted by atomic mass is 9.77. The Bertz CT molecular complexity index is 1270. The molecule has 0 aromatic heterocycles. The van der Waals surface area contributed by atoms with Gasteiger partial charge in [0, 0.05) is 35.2 Å². The molecule has 1 heterocycles. The van der Waals surface area contributed by atoms with Crippen LogP contribution >= 0.6 is 11.6 Å². The number of fused-ring (bicyclic) bond motifs is 1. The Morgan fingerprint density at radius 2 is 1.85 bits per heavy atom. The summed E-state index contributed by atoms with van der Waals surface area (Å²) in [5, 5.41) is -0.536. The summed E-state index contributed by atoms with van der Waals surface area (Å²) in [7, 11) is 0. The fourth-order valence-corrected chi connectivity index (χ4v) is 4.70. The van der Waals surface area contributed by atoms with Crippen LogP contribution in [-0.2, 0) is 5.60 Å². The van der Waals surface area contributed by atoms with Crippen molar-refractivity contribution >= 4 is 17.5 Å². The van der Waals surface area contributed by atoms with Gasteiger partial charge in [0.15, 0.2) is 17.2 Å². The molecule has 2 atom stereocenters. The number of rotatable bonds is 6. The van der Waals surface area contributed by atoms with E-state index in [2.05, 4.69) is 4.74 Å². The molecule has 10 heteroatoms. The minimum absolute atomic E-state index is 0.0219. The minimum atomic E-state index is -3.35. The first-order valence-corrected chi connectivity index (χ1v) is 10.5. The van der Waals surface area contributed by atoms with E-state index in [-0.39, 0.29) is 23.4 Å². The highest BCUT2D eigenvalue weighted by Crippen LogP contribution is 2.56. The van der Waals surface area contributed by atoms with Crippen molar-refractivity contribution in [3.05, 3.63) is 81.9 Å². The Morgan fingerprint density at radius 1 is 1.18 bits per heavy atom. The van der Waals surface area contributed by atoms with E-state index >= 15 is 4.39 Å². The van der Waals surface area contributed by atoms with E-state index in [0.717, 1.165) is 18.2 Å². The van der Waals surface area contributed by atoms with Crippen molar-refractivity contribution in [2.45, 2.75) is 25.1 Å². The summed E-state index contributed by atoms with van der Waals surface area (Å²) >= 11 is 6.30. The summed E-state index contributed by atoms with van der Waals surface area (Å²) in [4.78, 5) is 12.1. The van der Waals surface area contributed by atoms with Crippen LogP contribution in [0.25, 0.3) is 11.1 Å². The van der Waals surface area contributed by atoms with Gasteiger partial charge in [-0.3, -0.25) is 4.79 Å². The number of ether oxygens (including phenoxy) is 2. The molecule has 34 heavy (non-hydrogen) atoms. The van der Waals surface area contributed by atoms with Crippen LogP contribution in [0.15, 0.2) is 48.5 Å². The van der Waals surface area contributed by atoms with Crippen molar-refractivity contribution in [1.82, 2.24) is 0 Å². The van der Waals surface area contributed by atoms with Crippen LogP contribution in [0.4, 0.5) is 17.6 Å². The van der Waals surface area contributed by atoms with E-state index in [1.165, 1.54) is 0 Å². The topological polar surface area (TPSA) is 87.6 Å². The molecular formula is C24H19ClF4N2O3. The number of amides is 1. The summed E-state index contributed by atoms with van der Waals surface area (Å²) in [6, 6.07) is 11.8. The van der Waals surface area contributed by atoms with Crippen molar-refractivity contribution in [1.29, 1.82) is 0 Å². The number of halogens is 5. The summed E-state index contributed by atoms with van der Waals surface area (Å²) in [5.74, 6) is -4.85. The van der Waals surface area contributed by atoms with Crippen molar-refractivity contribution in [2.24, 2.45) is 11.5 Å². The molecule has 0 radical (unpaired) electrons. The number of nitrogens with two attached hydrogens (primary N) is 2. The lowest BCUT2D eigenvalue weighted by Crippen LogP contribution is -2.41. The van der Waals surface area contributed by atoms with Crippen LogP contribution in [0.1, 0.15) is 34.3 Å². The van der Waals surface area contributed by atoms with Crippen molar-refractivity contribution in [2.75, 3.05) is 6.54 Å². The van der Waals surface area contributed by atoms with E-state index in [1.54, 1.807) is 37.3 Å². The number of hydrogen-bond acceptors (Lipinski definition) is 4. The molecule has 2 unspecified atom stereocenters. The smallest absolute Gasteiger partial charge is 0.387 e. The SMILES string of the molecule is CC1c2c(cc(F)c(Cl)c2-c2c(C(N)=O)ccc(OC(F)F)c2F)OC1(CN)c1ccccc1. The lowest BCUT2D eigenvalue weighted by molar-refractivity contribution is -0.0521. The molecule has 3 aromatic carbocycles. The average molecular weight is 495 g/mol. The monoisotopic (exact) mass is 494 g/mol. The van der Waals surface area contributed by atoms with Gasteiger partial charge >= 0.3 is 6.61 Å². The Labute approximate surface area is 197 Å². The maximum Gasteiger partial charge on any atom is 0.387 e. The zero-order valence-corrected chi connectivity index (χ0v) is 18.5. The second-order valence-corrected chi connectivity index (χ2v) is 8.16. The highest BCUT2D eigenvalue weighted by atomic mass is 35.5. The van der Waals surface area contributed by atoms with Gasteiger partial charge < -0.3 is 20.9 Å². The van der Waals surface area contributed by atoms with Gasteiger partial charge in [-0.25, -0.2) is 8.78 Å². The van der Waals surface area contributed by atoms with Crippen molar-refractivity contribution in [3.8, 4) is 22.6 Å². The molecule has 0 saturated heterocycles.